The van der Waals surface area contributed by atoms with Gasteiger partial charge in [-0.05, 0) is 52.4 Å². The third-order valence-corrected chi connectivity index (χ3v) is 13.3. The van der Waals surface area contributed by atoms with Crippen molar-refractivity contribution in [2.45, 2.75) is 64.6 Å². The van der Waals surface area contributed by atoms with Gasteiger partial charge in [-0.3, -0.25) is 4.98 Å². The van der Waals surface area contributed by atoms with Gasteiger partial charge < -0.3 is 19.2 Å². The lowest BCUT2D eigenvalue weighted by atomic mass is 10.0. The lowest BCUT2D eigenvalue weighted by molar-refractivity contribution is 0.434. The van der Waals surface area contributed by atoms with Crippen molar-refractivity contribution < 1.29 is 19.0 Å². The van der Waals surface area contributed by atoms with E-state index in [0.29, 0.717) is 50.5 Å². The fraction of sp³-hybridized carbons (Fsp3) is 0.393. The fourth-order valence-corrected chi connectivity index (χ4v) is 11.0. The Morgan fingerprint density at radius 1 is 0.943 bits per heavy atom. The van der Waals surface area contributed by atoms with Crippen LogP contribution in [0, 0.1) is 5.82 Å². The summed E-state index contributed by atoms with van der Waals surface area (Å²) in [7, 11) is -0.647. The molecule has 186 valence electrons. The molecule has 0 aliphatic carbocycles. The van der Waals surface area contributed by atoms with E-state index in [4.69, 9.17) is 9.41 Å². The second kappa shape index (κ2) is 9.19. The monoisotopic (exact) mass is 494 g/mol. The van der Waals surface area contributed by atoms with E-state index in [1.807, 2.05) is 6.07 Å². The van der Waals surface area contributed by atoms with Gasteiger partial charge in [-0.25, -0.2) is 4.39 Å². The predicted octanol–water partition coefficient (Wildman–Crippen LogP) is 7.42. The molecule has 5 nitrogen and oxygen atoms in total. The number of hydrogen-bond donors (Lipinski definition) is 2. The molecule has 0 atom stereocenters. The largest absolute Gasteiger partial charge is 0.541 e. The lowest BCUT2D eigenvalue weighted by Crippen LogP contribution is -2.50. The quantitative estimate of drug-likeness (QED) is 0.262. The SMILES string of the molecule is CC(C)[Si](Oc1c2ncc(Cc3ccc(F)cc3)cc2c(O)c2cn(C)c(O)c12)(C(C)C)C(C)C. The van der Waals surface area contributed by atoms with Gasteiger partial charge in [0.15, 0.2) is 0 Å². The first-order valence-corrected chi connectivity index (χ1v) is 14.4. The molecule has 4 aromatic rings. The Balaban J connectivity index is 1.97. The van der Waals surface area contributed by atoms with Gasteiger partial charge in [-0.15, -0.1) is 0 Å². The van der Waals surface area contributed by atoms with Crippen LogP contribution in [0.25, 0.3) is 21.7 Å². The first-order valence-electron chi connectivity index (χ1n) is 12.2. The molecule has 0 aliphatic heterocycles. The normalized spacial score (nSPS) is 12.5. The molecule has 0 bridgehead atoms. The molecule has 0 spiro atoms. The zero-order valence-electron chi connectivity index (χ0n) is 21.6. The Kier molecular flexibility index (Phi) is 6.57. The summed E-state index contributed by atoms with van der Waals surface area (Å²) in [5, 5.41) is 23.9. The first kappa shape index (κ1) is 25.0. The van der Waals surface area contributed by atoms with Gasteiger partial charge in [0.25, 0.3) is 8.32 Å². The molecular formula is C28H35FN2O3Si. The summed E-state index contributed by atoms with van der Waals surface area (Å²) in [4.78, 5) is 4.76. The predicted molar refractivity (Wildman–Crippen MR) is 142 cm³/mol. The van der Waals surface area contributed by atoms with Gasteiger partial charge in [0, 0.05) is 30.2 Å². The molecule has 0 radical (unpaired) electrons. The van der Waals surface area contributed by atoms with Gasteiger partial charge in [0.05, 0.1) is 5.39 Å². The molecule has 4 rings (SSSR count). The van der Waals surface area contributed by atoms with E-state index >= 15 is 0 Å². The number of aromatic hydroxyl groups is 2. The molecule has 0 unspecified atom stereocenters. The van der Waals surface area contributed by atoms with Crippen LogP contribution in [0.15, 0.2) is 42.7 Å². The molecule has 35 heavy (non-hydrogen) atoms. The van der Waals surface area contributed by atoms with Crippen LogP contribution in [0.3, 0.4) is 0 Å². The molecule has 7 heteroatoms. The van der Waals surface area contributed by atoms with E-state index in [2.05, 4.69) is 41.5 Å². The molecule has 0 fully saturated rings. The number of nitrogens with zero attached hydrogens (tertiary/aromatic N) is 2. The van der Waals surface area contributed by atoms with Crippen molar-refractivity contribution in [1.82, 2.24) is 9.55 Å². The van der Waals surface area contributed by atoms with Crippen LogP contribution >= 0.6 is 0 Å². The van der Waals surface area contributed by atoms with Crippen molar-refractivity contribution >= 4 is 30.0 Å². The van der Waals surface area contributed by atoms with Crippen molar-refractivity contribution in [1.29, 1.82) is 0 Å². The first-order chi connectivity index (χ1) is 16.5. The summed E-state index contributed by atoms with van der Waals surface area (Å²) in [6.07, 6.45) is 4.05. The van der Waals surface area contributed by atoms with Crippen LogP contribution in [0.1, 0.15) is 52.7 Å². The van der Waals surface area contributed by atoms with E-state index < -0.39 is 8.32 Å². The number of benzene rings is 2. The van der Waals surface area contributed by atoms with E-state index in [-0.39, 0.29) is 17.4 Å². The third-order valence-electron chi connectivity index (χ3n) is 7.35. The number of halogens is 1. The maximum atomic E-state index is 13.3. The number of aryl methyl sites for hydroxylation is 1. The molecule has 2 N–H and O–H groups in total. The van der Waals surface area contributed by atoms with E-state index in [9.17, 15) is 14.6 Å². The average Bonchev–Trinajstić information content (AvgIpc) is 3.09. The zero-order valence-corrected chi connectivity index (χ0v) is 22.6. The summed E-state index contributed by atoms with van der Waals surface area (Å²) in [6, 6.07) is 8.30. The van der Waals surface area contributed by atoms with Gasteiger partial charge in [-0.2, -0.15) is 0 Å². The summed E-state index contributed by atoms with van der Waals surface area (Å²) >= 11 is 0. The zero-order chi connectivity index (χ0) is 25.7. The number of aromatic nitrogens is 2. The summed E-state index contributed by atoms with van der Waals surface area (Å²) in [5.74, 6) is 0.382. The van der Waals surface area contributed by atoms with E-state index in [1.54, 1.807) is 36.1 Å². The van der Waals surface area contributed by atoms with E-state index in [1.165, 1.54) is 12.1 Å². The Bertz CT molecular complexity index is 1360. The van der Waals surface area contributed by atoms with Crippen LogP contribution in [0.2, 0.25) is 16.6 Å². The van der Waals surface area contributed by atoms with Crippen molar-refractivity contribution in [2.24, 2.45) is 7.05 Å². The fourth-order valence-electron chi connectivity index (χ4n) is 5.72. The molecule has 2 heterocycles. The molecular weight excluding hydrogens is 459 g/mol. The Hall–Kier alpha value is -3.06. The Labute approximate surface area is 207 Å². The minimum atomic E-state index is -2.39. The number of pyridine rings is 1. The van der Waals surface area contributed by atoms with Crippen molar-refractivity contribution in [3.63, 3.8) is 0 Å². The summed E-state index contributed by atoms with van der Waals surface area (Å²) in [6.45, 7) is 13.3. The van der Waals surface area contributed by atoms with Crippen LogP contribution in [-0.4, -0.2) is 28.1 Å². The van der Waals surface area contributed by atoms with E-state index in [0.717, 1.165) is 11.1 Å². The summed E-state index contributed by atoms with van der Waals surface area (Å²) < 4.78 is 22.0. The smallest absolute Gasteiger partial charge is 0.258 e. The highest BCUT2D eigenvalue weighted by molar-refractivity contribution is 6.78. The number of phenols is 1. The minimum Gasteiger partial charge on any atom is -0.541 e. The molecule has 0 saturated carbocycles. The molecule has 0 saturated heterocycles. The lowest BCUT2D eigenvalue weighted by Gasteiger charge is -2.42. The van der Waals surface area contributed by atoms with Crippen LogP contribution in [0.4, 0.5) is 4.39 Å². The van der Waals surface area contributed by atoms with Gasteiger partial charge in [0.2, 0.25) is 5.88 Å². The molecule has 2 aromatic carbocycles. The highest BCUT2D eigenvalue weighted by atomic mass is 28.4. The highest BCUT2D eigenvalue weighted by Crippen LogP contribution is 2.50. The molecule has 2 aromatic heterocycles. The van der Waals surface area contributed by atoms with Crippen LogP contribution in [-0.2, 0) is 13.5 Å². The number of rotatable bonds is 7. The number of fused-ring (bicyclic) bond motifs is 2. The highest BCUT2D eigenvalue weighted by Gasteiger charge is 2.48. The van der Waals surface area contributed by atoms with Gasteiger partial charge >= 0.3 is 0 Å². The average molecular weight is 495 g/mol. The van der Waals surface area contributed by atoms with Gasteiger partial charge in [-0.1, -0.05) is 53.7 Å². The summed E-state index contributed by atoms with van der Waals surface area (Å²) in [5.41, 5.74) is 3.36. The standard InChI is InChI=1S/C28H35FN2O3Si/c1-16(2)35(17(3)4,18(5)6)34-27-24-23(15-31(7)28(24)33)26(32)22-13-20(14-30-25(22)27)12-19-8-10-21(29)11-9-19/h8-11,13-18,32-33H,12H2,1-7H3. The van der Waals surface area contributed by atoms with Gasteiger partial charge in [0.1, 0.15) is 22.8 Å². The third kappa shape index (κ3) is 4.16. The van der Waals surface area contributed by atoms with Crippen LogP contribution in [0.5, 0.6) is 17.4 Å². The van der Waals surface area contributed by atoms with Crippen molar-refractivity contribution in [3.8, 4) is 17.4 Å². The van der Waals surface area contributed by atoms with Crippen molar-refractivity contribution in [2.75, 3.05) is 0 Å². The maximum absolute atomic E-state index is 13.3. The van der Waals surface area contributed by atoms with Crippen molar-refractivity contribution in [3.05, 3.63) is 59.7 Å². The second-order valence-corrected chi connectivity index (χ2v) is 15.9. The molecule has 0 aliphatic rings. The van der Waals surface area contributed by atoms with Crippen LogP contribution < -0.4 is 4.43 Å². The topological polar surface area (TPSA) is 67.5 Å². The Morgan fingerprint density at radius 3 is 2.11 bits per heavy atom. The number of hydrogen-bond acceptors (Lipinski definition) is 4. The maximum Gasteiger partial charge on any atom is 0.258 e. The minimum absolute atomic E-state index is 0.0450. The Morgan fingerprint density at radius 2 is 1.54 bits per heavy atom. The molecule has 0 amide bonds. The number of phenolic OH excluding ortho intramolecular Hbond substituents is 1. The second-order valence-electron chi connectivity index (χ2n) is 10.5.